The Hall–Kier alpha value is -2.45. The number of methoxy groups -OCH3 is 1. The fourth-order valence-electron chi connectivity index (χ4n) is 2.31. The van der Waals surface area contributed by atoms with E-state index in [1.165, 1.54) is 23.0 Å². The maximum atomic E-state index is 12.9. The van der Waals surface area contributed by atoms with Crippen molar-refractivity contribution in [2.45, 2.75) is 6.18 Å². The number of aromatic nitrogens is 2. The van der Waals surface area contributed by atoms with Crippen LogP contribution in [0.4, 0.5) is 18.0 Å². The minimum absolute atomic E-state index is 0.0755. The van der Waals surface area contributed by atoms with Crippen LogP contribution in [0.25, 0.3) is 16.6 Å². The molecule has 0 fully saturated rings. The third-order valence-electron chi connectivity index (χ3n) is 3.47. The van der Waals surface area contributed by atoms with Crippen molar-refractivity contribution < 1.29 is 27.4 Å². The molecule has 0 aliphatic rings. The van der Waals surface area contributed by atoms with Crippen molar-refractivity contribution in [2.75, 3.05) is 7.11 Å². The molecule has 1 heterocycles. The Labute approximate surface area is 154 Å². The minimum Gasteiger partial charge on any atom is -0.437 e. The van der Waals surface area contributed by atoms with Crippen LogP contribution in [0.3, 0.4) is 0 Å². The van der Waals surface area contributed by atoms with Crippen LogP contribution < -0.4 is 4.74 Å². The van der Waals surface area contributed by atoms with Gasteiger partial charge in [0, 0.05) is 11.5 Å². The van der Waals surface area contributed by atoms with Crippen molar-refractivity contribution in [2.24, 2.45) is 0 Å². The Morgan fingerprint density at radius 3 is 2.38 bits per heavy atom. The monoisotopic (exact) mass is 404 g/mol. The largest absolute Gasteiger partial charge is 0.513 e. The van der Waals surface area contributed by atoms with Gasteiger partial charge in [-0.15, -0.1) is 0 Å². The normalized spacial score (nSPS) is 11.6. The summed E-state index contributed by atoms with van der Waals surface area (Å²) in [5.41, 5.74) is -0.469. The Balaban J connectivity index is 2.13. The summed E-state index contributed by atoms with van der Waals surface area (Å²) in [6.45, 7) is 0. The molecule has 0 aliphatic heterocycles. The molecule has 0 bridgehead atoms. The van der Waals surface area contributed by atoms with E-state index in [4.69, 9.17) is 27.9 Å². The highest BCUT2D eigenvalue weighted by atomic mass is 35.5. The Morgan fingerprint density at radius 2 is 1.81 bits per heavy atom. The van der Waals surface area contributed by atoms with Crippen LogP contribution in [-0.2, 0) is 10.9 Å². The van der Waals surface area contributed by atoms with Crippen LogP contribution >= 0.6 is 23.2 Å². The lowest BCUT2D eigenvalue weighted by atomic mass is 10.2. The molecule has 1 aromatic heterocycles. The SMILES string of the molecule is COC(=O)Oc1ccc2cnn(-c3c(Cl)cc(C(F)(F)F)cc3Cl)c2c1. The van der Waals surface area contributed by atoms with E-state index in [9.17, 15) is 18.0 Å². The van der Waals surface area contributed by atoms with Crippen molar-refractivity contribution >= 4 is 40.3 Å². The molecule has 0 spiro atoms. The van der Waals surface area contributed by atoms with Gasteiger partial charge >= 0.3 is 12.3 Å². The molecule has 0 saturated carbocycles. The second-order valence-corrected chi connectivity index (χ2v) is 5.93. The maximum Gasteiger partial charge on any atom is 0.513 e. The van der Waals surface area contributed by atoms with Crippen LogP contribution in [0, 0.1) is 0 Å². The lowest BCUT2D eigenvalue weighted by Gasteiger charge is -2.13. The molecule has 0 radical (unpaired) electrons. The second kappa shape index (κ2) is 6.69. The van der Waals surface area contributed by atoms with E-state index >= 15 is 0 Å². The first-order valence-corrected chi connectivity index (χ1v) is 7.76. The van der Waals surface area contributed by atoms with Gasteiger partial charge in [-0.05, 0) is 24.3 Å². The molecule has 0 N–H and O–H groups in total. The molecular weight excluding hydrogens is 396 g/mol. The molecule has 26 heavy (non-hydrogen) atoms. The molecule has 5 nitrogen and oxygen atoms in total. The average Bonchev–Trinajstić information content (AvgIpc) is 2.96. The summed E-state index contributed by atoms with van der Waals surface area (Å²) in [6.07, 6.45) is -4.03. The predicted octanol–water partition coefficient (Wildman–Crippen LogP) is 5.50. The first-order chi connectivity index (χ1) is 12.2. The van der Waals surface area contributed by atoms with E-state index in [1.807, 2.05) is 0 Å². The zero-order valence-corrected chi connectivity index (χ0v) is 14.5. The molecular formula is C16H9Cl2F3N2O3. The van der Waals surface area contributed by atoms with Crippen molar-refractivity contribution in [1.29, 1.82) is 0 Å². The van der Waals surface area contributed by atoms with E-state index < -0.39 is 17.9 Å². The van der Waals surface area contributed by atoms with Gasteiger partial charge in [0.15, 0.2) is 0 Å². The van der Waals surface area contributed by atoms with Gasteiger partial charge in [-0.25, -0.2) is 9.48 Å². The summed E-state index contributed by atoms with van der Waals surface area (Å²) in [4.78, 5) is 11.2. The standard InChI is InChI=1S/C16H9Cl2F3N2O3/c1-25-15(24)26-10-3-2-8-7-22-23(13(8)6-10)14-11(17)4-9(5-12(14)18)16(19,20)21/h2-7H,1H3. The van der Waals surface area contributed by atoms with Crippen LogP contribution in [-0.4, -0.2) is 23.0 Å². The topological polar surface area (TPSA) is 53.4 Å². The highest BCUT2D eigenvalue weighted by Crippen LogP contribution is 2.38. The summed E-state index contributed by atoms with van der Waals surface area (Å²) < 4.78 is 49.3. The highest BCUT2D eigenvalue weighted by Gasteiger charge is 2.32. The number of fused-ring (bicyclic) bond motifs is 1. The van der Waals surface area contributed by atoms with Gasteiger partial charge in [-0.3, -0.25) is 0 Å². The zero-order chi connectivity index (χ0) is 19.1. The number of nitrogens with zero attached hydrogens (tertiary/aromatic N) is 2. The molecule has 136 valence electrons. The highest BCUT2D eigenvalue weighted by molar-refractivity contribution is 6.38. The van der Waals surface area contributed by atoms with Crippen molar-refractivity contribution in [3.8, 4) is 11.4 Å². The predicted molar refractivity (Wildman–Crippen MR) is 89.1 cm³/mol. The lowest BCUT2D eigenvalue weighted by molar-refractivity contribution is -0.137. The lowest BCUT2D eigenvalue weighted by Crippen LogP contribution is -2.08. The fraction of sp³-hybridized carbons (Fsp3) is 0.125. The van der Waals surface area contributed by atoms with Crippen LogP contribution in [0.5, 0.6) is 5.75 Å². The molecule has 0 saturated heterocycles. The molecule has 2 aromatic carbocycles. The Morgan fingerprint density at radius 1 is 1.15 bits per heavy atom. The minimum atomic E-state index is -4.58. The van der Waals surface area contributed by atoms with E-state index in [0.717, 1.165) is 19.2 Å². The van der Waals surface area contributed by atoms with E-state index in [1.54, 1.807) is 6.07 Å². The summed E-state index contributed by atoms with van der Waals surface area (Å²) in [5, 5.41) is 4.29. The molecule has 0 aliphatic carbocycles. The van der Waals surface area contributed by atoms with E-state index in [-0.39, 0.29) is 21.5 Å². The average molecular weight is 405 g/mol. The van der Waals surface area contributed by atoms with Crippen LogP contribution in [0.1, 0.15) is 5.56 Å². The second-order valence-electron chi connectivity index (χ2n) is 5.12. The first kappa shape index (κ1) is 18.3. The number of halogens is 5. The van der Waals surface area contributed by atoms with Crippen molar-refractivity contribution in [3.05, 3.63) is 52.1 Å². The van der Waals surface area contributed by atoms with E-state index in [0.29, 0.717) is 10.9 Å². The summed E-state index contributed by atoms with van der Waals surface area (Å²) in [6, 6.07) is 6.13. The first-order valence-electron chi connectivity index (χ1n) is 7.01. The third-order valence-corrected chi connectivity index (χ3v) is 4.04. The van der Waals surface area contributed by atoms with Crippen molar-refractivity contribution in [3.63, 3.8) is 0 Å². The summed E-state index contributed by atoms with van der Waals surface area (Å²) in [5.74, 6) is 0.158. The number of carbonyl (C=O) groups is 1. The molecule has 3 aromatic rings. The number of hydrogen-bond donors (Lipinski definition) is 0. The summed E-state index contributed by atoms with van der Waals surface area (Å²) >= 11 is 12.1. The number of benzene rings is 2. The van der Waals surface area contributed by atoms with Gasteiger partial charge in [0.05, 0.1) is 34.4 Å². The maximum absolute atomic E-state index is 12.9. The van der Waals surface area contributed by atoms with Gasteiger partial charge in [-0.2, -0.15) is 18.3 Å². The molecule has 10 heteroatoms. The molecule has 0 unspecified atom stereocenters. The van der Waals surface area contributed by atoms with Gasteiger partial charge in [0.2, 0.25) is 0 Å². The van der Waals surface area contributed by atoms with Crippen LogP contribution in [0.15, 0.2) is 36.5 Å². The quantitative estimate of drug-likeness (QED) is 0.418. The Kier molecular flexibility index (Phi) is 4.72. The summed E-state index contributed by atoms with van der Waals surface area (Å²) in [7, 11) is 1.16. The zero-order valence-electron chi connectivity index (χ0n) is 13.0. The Bertz CT molecular complexity index is 979. The van der Waals surface area contributed by atoms with Gasteiger partial charge in [0.1, 0.15) is 11.4 Å². The number of carbonyl (C=O) groups excluding carboxylic acids is 1. The fourth-order valence-corrected chi connectivity index (χ4v) is 2.96. The van der Waals surface area contributed by atoms with Crippen molar-refractivity contribution in [1.82, 2.24) is 9.78 Å². The van der Waals surface area contributed by atoms with Gasteiger partial charge in [0.25, 0.3) is 0 Å². The number of ether oxygens (including phenoxy) is 2. The molecule has 0 atom stereocenters. The van der Waals surface area contributed by atoms with Gasteiger partial charge in [-0.1, -0.05) is 23.2 Å². The third kappa shape index (κ3) is 3.42. The van der Waals surface area contributed by atoms with E-state index in [2.05, 4.69) is 9.84 Å². The molecule has 3 rings (SSSR count). The smallest absolute Gasteiger partial charge is 0.437 e. The molecule has 0 amide bonds. The van der Waals surface area contributed by atoms with Gasteiger partial charge < -0.3 is 9.47 Å². The van der Waals surface area contributed by atoms with Crippen LogP contribution in [0.2, 0.25) is 10.0 Å². The number of hydrogen-bond acceptors (Lipinski definition) is 4. The number of alkyl halides is 3. The number of rotatable bonds is 2.